The van der Waals surface area contributed by atoms with Crippen LogP contribution in [0.15, 0.2) is 65.7 Å². The number of amides is 1. The molecule has 0 fully saturated rings. The van der Waals surface area contributed by atoms with Crippen LogP contribution in [0.5, 0.6) is 0 Å². The van der Waals surface area contributed by atoms with Gasteiger partial charge in [0.25, 0.3) is 0 Å². The first-order valence-electron chi connectivity index (χ1n) is 8.26. The lowest BCUT2D eigenvalue weighted by Gasteiger charge is -2.17. The summed E-state index contributed by atoms with van der Waals surface area (Å²) in [6.45, 7) is 2.09. The molecule has 0 unspecified atom stereocenters. The largest absolute Gasteiger partial charge is 0.477 e. The van der Waals surface area contributed by atoms with E-state index in [9.17, 15) is 4.79 Å². The van der Waals surface area contributed by atoms with Gasteiger partial charge in [-0.25, -0.2) is 4.99 Å². The second-order valence-electron chi connectivity index (χ2n) is 6.06. The minimum absolute atomic E-state index is 0.0752. The highest BCUT2D eigenvalue weighted by Gasteiger charge is 2.27. The van der Waals surface area contributed by atoms with E-state index in [-0.39, 0.29) is 18.0 Å². The summed E-state index contributed by atoms with van der Waals surface area (Å²) >= 11 is 0. The number of ether oxygens (including phenoxy) is 1. The number of carbonyl (C=O) groups is 1. The average molecular weight is 322 g/mol. The van der Waals surface area contributed by atoms with Gasteiger partial charge in [-0.05, 0) is 17.5 Å². The molecule has 3 rings (SSSR count). The lowest BCUT2D eigenvalue weighted by molar-refractivity contribution is -0.119. The summed E-state index contributed by atoms with van der Waals surface area (Å²) in [4.78, 5) is 16.3. The van der Waals surface area contributed by atoms with Gasteiger partial charge in [-0.2, -0.15) is 0 Å². The number of nitrogens with one attached hydrogen (secondary N) is 1. The van der Waals surface area contributed by atoms with Crippen LogP contribution >= 0.6 is 0 Å². The Morgan fingerprint density at radius 2 is 1.75 bits per heavy atom. The zero-order valence-electron chi connectivity index (χ0n) is 13.8. The van der Waals surface area contributed by atoms with E-state index >= 15 is 0 Å². The fourth-order valence-corrected chi connectivity index (χ4v) is 2.91. The van der Waals surface area contributed by atoms with Crippen LogP contribution in [0.2, 0.25) is 0 Å². The number of carbonyl (C=O) groups excluding carboxylic acids is 1. The van der Waals surface area contributed by atoms with Crippen molar-refractivity contribution in [3.63, 3.8) is 0 Å². The van der Waals surface area contributed by atoms with Crippen LogP contribution in [0.1, 0.15) is 18.1 Å². The number of aliphatic imine (C=N–C) groups is 1. The van der Waals surface area contributed by atoms with E-state index in [0.29, 0.717) is 18.9 Å². The maximum atomic E-state index is 11.6. The van der Waals surface area contributed by atoms with Crippen LogP contribution in [-0.2, 0) is 22.4 Å². The number of nitrogens with zero attached hydrogens (tertiary/aromatic N) is 1. The standard InChI is InChI=1S/C20H22N2O2/c1-15(23)21-19(13-17-10-6-3-7-11-17)20-22-18(14-24-20)12-16-8-4-2-5-9-16/h2-11,18-19H,12-14H2,1H3,(H,21,23)/t18-,19-/m0/s1. The van der Waals surface area contributed by atoms with Gasteiger partial charge in [-0.1, -0.05) is 60.7 Å². The summed E-state index contributed by atoms with van der Waals surface area (Å²) in [5.41, 5.74) is 2.39. The Morgan fingerprint density at radius 1 is 1.12 bits per heavy atom. The van der Waals surface area contributed by atoms with E-state index in [2.05, 4.69) is 17.4 Å². The molecule has 24 heavy (non-hydrogen) atoms. The minimum Gasteiger partial charge on any atom is -0.477 e. The fraction of sp³-hybridized carbons (Fsp3) is 0.300. The van der Waals surface area contributed by atoms with Crippen molar-refractivity contribution in [2.24, 2.45) is 4.99 Å². The quantitative estimate of drug-likeness (QED) is 0.889. The van der Waals surface area contributed by atoms with Crippen LogP contribution in [0, 0.1) is 0 Å². The molecule has 0 saturated heterocycles. The van der Waals surface area contributed by atoms with Crippen molar-refractivity contribution < 1.29 is 9.53 Å². The normalized spacial score (nSPS) is 17.7. The zero-order chi connectivity index (χ0) is 16.8. The molecule has 0 aliphatic carbocycles. The van der Waals surface area contributed by atoms with Crippen LogP contribution in [0.3, 0.4) is 0 Å². The van der Waals surface area contributed by atoms with E-state index in [1.165, 1.54) is 12.5 Å². The van der Waals surface area contributed by atoms with E-state index in [1.54, 1.807) is 0 Å². The molecule has 0 radical (unpaired) electrons. The molecule has 0 saturated carbocycles. The van der Waals surface area contributed by atoms with Crippen LogP contribution < -0.4 is 5.32 Å². The van der Waals surface area contributed by atoms with Crippen molar-refractivity contribution in [1.82, 2.24) is 5.32 Å². The van der Waals surface area contributed by atoms with Crippen LogP contribution in [-0.4, -0.2) is 30.5 Å². The highest BCUT2D eigenvalue weighted by Crippen LogP contribution is 2.15. The summed E-state index contributed by atoms with van der Waals surface area (Å²) in [6, 6.07) is 20.2. The molecule has 2 atom stereocenters. The Kier molecular flexibility index (Phi) is 5.26. The molecule has 1 heterocycles. The minimum atomic E-state index is -0.217. The van der Waals surface area contributed by atoms with Crippen molar-refractivity contribution >= 4 is 11.8 Å². The number of hydrogen-bond donors (Lipinski definition) is 1. The SMILES string of the molecule is CC(=O)N[C@@H](Cc1ccccc1)C1=N[C@@H](Cc2ccccc2)CO1. The Bertz CT molecular complexity index is 698. The Balaban J connectivity index is 1.70. The Hall–Kier alpha value is -2.62. The van der Waals surface area contributed by atoms with Gasteiger partial charge in [0.2, 0.25) is 11.8 Å². The van der Waals surface area contributed by atoms with Gasteiger partial charge in [-0.15, -0.1) is 0 Å². The number of hydrogen-bond acceptors (Lipinski definition) is 3. The van der Waals surface area contributed by atoms with E-state index in [4.69, 9.17) is 9.73 Å². The highest BCUT2D eigenvalue weighted by molar-refractivity contribution is 5.88. The second-order valence-corrected chi connectivity index (χ2v) is 6.06. The molecule has 2 aromatic carbocycles. The molecule has 124 valence electrons. The average Bonchev–Trinajstić information content (AvgIpc) is 3.04. The van der Waals surface area contributed by atoms with Gasteiger partial charge in [0, 0.05) is 13.3 Å². The third-order valence-corrected chi connectivity index (χ3v) is 4.01. The first-order chi connectivity index (χ1) is 11.7. The van der Waals surface area contributed by atoms with E-state index < -0.39 is 0 Å². The summed E-state index contributed by atoms with van der Waals surface area (Å²) < 4.78 is 5.81. The monoisotopic (exact) mass is 322 g/mol. The molecular formula is C20H22N2O2. The van der Waals surface area contributed by atoms with E-state index in [1.807, 2.05) is 48.5 Å². The maximum Gasteiger partial charge on any atom is 0.217 e. The number of benzene rings is 2. The lowest BCUT2D eigenvalue weighted by atomic mass is 10.1. The second kappa shape index (κ2) is 7.77. The molecule has 1 N–H and O–H groups in total. The topological polar surface area (TPSA) is 50.7 Å². The predicted octanol–water partition coefficient (Wildman–Crippen LogP) is 2.77. The summed E-state index contributed by atoms with van der Waals surface area (Å²) in [6.07, 6.45) is 1.53. The molecule has 0 bridgehead atoms. The Morgan fingerprint density at radius 3 is 2.38 bits per heavy atom. The highest BCUT2D eigenvalue weighted by atomic mass is 16.5. The lowest BCUT2D eigenvalue weighted by Crippen LogP contribution is -2.41. The van der Waals surface area contributed by atoms with Crippen molar-refractivity contribution in [2.45, 2.75) is 31.8 Å². The van der Waals surface area contributed by atoms with Crippen LogP contribution in [0.4, 0.5) is 0 Å². The summed E-state index contributed by atoms with van der Waals surface area (Å²) in [7, 11) is 0. The van der Waals surface area contributed by atoms with Crippen molar-refractivity contribution in [3.8, 4) is 0 Å². The molecule has 2 aromatic rings. The third-order valence-electron chi connectivity index (χ3n) is 4.01. The third kappa shape index (κ3) is 4.44. The van der Waals surface area contributed by atoms with Gasteiger partial charge < -0.3 is 10.1 Å². The molecular weight excluding hydrogens is 300 g/mol. The van der Waals surface area contributed by atoms with Crippen molar-refractivity contribution in [2.75, 3.05) is 6.61 Å². The molecule has 4 nitrogen and oxygen atoms in total. The van der Waals surface area contributed by atoms with Crippen LogP contribution in [0.25, 0.3) is 0 Å². The molecule has 1 amide bonds. The van der Waals surface area contributed by atoms with E-state index in [0.717, 1.165) is 12.0 Å². The summed E-state index contributed by atoms with van der Waals surface area (Å²) in [5, 5.41) is 2.96. The number of rotatable bonds is 6. The molecule has 4 heteroatoms. The first-order valence-corrected chi connectivity index (χ1v) is 8.26. The van der Waals surface area contributed by atoms with Gasteiger partial charge in [0.05, 0.1) is 6.04 Å². The zero-order valence-corrected chi connectivity index (χ0v) is 13.8. The summed E-state index contributed by atoms with van der Waals surface area (Å²) in [5.74, 6) is 0.559. The fourth-order valence-electron chi connectivity index (χ4n) is 2.91. The molecule has 1 aliphatic rings. The van der Waals surface area contributed by atoms with Gasteiger partial charge in [0.15, 0.2) is 0 Å². The van der Waals surface area contributed by atoms with Crippen molar-refractivity contribution in [3.05, 3.63) is 71.8 Å². The molecule has 0 spiro atoms. The smallest absolute Gasteiger partial charge is 0.217 e. The van der Waals surface area contributed by atoms with Gasteiger partial charge >= 0.3 is 0 Å². The van der Waals surface area contributed by atoms with Gasteiger partial charge in [-0.3, -0.25) is 4.79 Å². The molecule has 0 aromatic heterocycles. The van der Waals surface area contributed by atoms with Gasteiger partial charge in [0.1, 0.15) is 12.6 Å². The molecule has 1 aliphatic heterocycles. The predicted molar refractivity (Wildman–Crippen MR) is 95.1 cm³/mol. The maximum absolute atomic E-state index is 11.6. The van der Waals surface area contributed by atoms with Crippen molar-refractivity contribution in [1.29, 1.82) is 0 Å². The first kappa shape index (κ1) is 16.2. The Labute approximate surface area is 142 Å².